The summed E-state index contributed by atoms with van der Waals surface area (Å²) >= 11 is 0. The smallest absolute Gasteiger partial charge is 0.111 e. The van der Waals surface area contributed by atoms with Crippen LogP contribution < -0.4 is 0 Å². The fourth-order valence-corrected chi connectivity index (χ4v) is 7.12. The van der Waals surface area contributed by atoms with Gasteiger partial charge in [-0.15, -0.1) is 0 Å². The van der Waals surface area contributed by atoms with Crippen LogP contribution in [0.2, 0.25) is 0 Å². The molecular formula is C32H43NO5. The number of aliphatic hydroxyl groups excluding tert-OH is 2. The highest BCUT2D eigenvalue weighted by atomic mass is 16.5. The van der Waals surface area contributed by atoms with E-state index in [2.05, 4.69) is 45.0 Å². The number of nitrogens with zero attached hydrogens (tertiary/aromatic N) is 1. The lowest BCUT2D eigenvalue weighted by molar-refractivity contribution is -0.123. The van der Waals surface area contributed by atoms with Crippen molar-refractivity contribution in [2.75, 3.05) is 26.4 Å². The van der Waals surface area contributed by atoms with Gasteiger partial charge in [-0.3, -0.25) is 4.98 Å². The largest absolute Gasteiger partial charge is 0.388 e. The quantitative estimate of drug-likeness (QED) is 0.513. The standard InChI is InChI=1S/C32H43NO5/c1-30(2,3)21-8-6-20(7-9-21)28-24-25(32(38-28)12-16-37-17-13-32)23-22(34)18-31(4,5)29(35)27(23)33-26(24)19-10-14-36-15-11-19/h6-9,19,22,28-29,34-35H,10-18H2,1-5H3. The molecule has 3 aliphatic heterocycles. The van der Waals surface area contributed by atoms with Crippen molar-refractivity contribution in [2.45, 2.75) is 102 Å². The van der Waals surface area contributed by atoms with Crippen LogP contribution in [0, 0.1) is 5.41 Å². The highest BCUT2D eigenvalue weighted by molar-refractivity contribution is 5.55. The molecule has 2 N–H and O–H groups in total. The average molecular weight is 522 g/mol. The maximum atomic E-state index is 11.6. The summed E-state index contributed by atoms with van der Waals surface area (Å²) in [6, 6.07) is 8.84. The first-order valence-electron chi connectivity index (χ1n) is 14.4. The van der Waals surface area contributed by atoms with Gasteiger partial charge in [-0.2, -0.15) is 0 Å². The van der Waals surface area contributed by atoms with Crippen molar-refractivity contribution in [1.29, 1.82) is 0 Å². The molecule has 0 radical (unpaired) electrons. The molecule has 2 saturated heterocycles. The van der Waals surface area contributed by atoms with Crippen molar-refractivity contribution in [2.24, 2.45) is 5.41 Å². The topological polar surface area (TPSA) is 81.0 Å². The summed E-state index contributed by atoms with van der Waals surface area (Å²) in [6.07, 6.45) is 2.03. The second kappa shape index (κ2) is 9.38. The predicted molar refractivity (Wildman–Crippen MR) is 145 cm³/mol. The molecule has 1 aliphatic carbocycles. The average Bonchev–Trinajstić information content (AvgIpc) is 3.21. The lowest BCUT2D eigenvalue weighted by atomic mass is 9.68. The number of pyridine rings is 1. The van der Waals surface area contributed by atoms with Gasteiger partial charge in [0, 0.05) is 56.3 Å². The van der Waals surface area contributed by atoms with Crippen LogP contribution in [0.3, 0.4) is 0 Å². The SMILES string of the molecule is CC(C)(C)c1ccc(C2OC3(CCOCC3)c3c4c(nc(C5CCOCC5)c32)C(O)C(C)(C)CC4O)cc1. The Morgan fingerprint density at radius 2 is 1.50 bits per heavy atom. The first-order chi connectivity index (χ1) is 18.0. The summed E-state index contributed by atoms with van der Waals surface area (Å²) in [4.78, 5) is 5.27. The third-order valence-electron chi connectivity index (χ3n) is 9.43. The van der Waals surface area contributed by atoms with Gasteiger partial charge in [0.2, 0.25) is 0 Å². The van der Waals surface area contributed by atoms with E-state index in [1.54, 1.807) is 0 Å². The lowest BCUT2D eigenvalue weighted by Gasteiger charge is -2.42. The first kappa shape index (κ1) is 26.4. The molecule has 6 heteroatoms. The van der Waals surface area contributed by atoms with Crippen LogP contribution in [-0.4, -0.2) is 41.6 Å². The molecule has 0 bridgehead atoms. The molecule has 2 fully saturated rings. The van der Waals surface area contributed by atoms with E-state index in [1.165, 1.54) is 5.56 Å². The van der Waals surface area contributed by atoms with Gasteiger partial charge in [-0.05, 0) is 46.8 Å². The zero-order valence-electron chi connectivity index (χ0n) is 23.5. The summed E-state index contributed by atoms with van der Waals surface area (Å²) in [5.41, 5.74) is 6.12. The van der Waals surface area contributed by atoms with Gasteiger partial charge in [-0.25, -0.2) is 0 Å². The molecule has 3 atom stereocenters. The monoisotopic (exact) mass is 521 g/mol. The second-order valence-corrected chi connectivity index (χ2v) is 13.6. The minimum absolute atomic E-state index is 0.0653. The molecule has 2 aromatic rings. The third kappa shape index (κ3) is 4.24. The molecule has 1 spiro atoms. The fourth-order valence-electron chi connectivity index (χ4n) is 7.12. The fraction of sp³-hybridized carbons (Fsp3) is 0.656. The lowest BCUT2D eigenvalue weighted by Crippen LogP contribution is -2.38. The number of hydrogen-bond donors (Lipinski definition) is 2. The summed E-state index contributed by atoms with van der Waals surface area (Å²) < 4.78 is 18.7. The summed E-state index contributed by atoms with van der Waals surface area (Å²) in [7, 11) is 0. The van der Waals surface area contributed by atoms with Gasteiger partial charge in [0.15, 0.2) is 0 Å². The van der Waals surface area contributed by atoms with Gasteiger partial charge in [0.1, 0.15) is 12.2 Å². The van der Waals surface area contributed by atoms with Gasteiger partial charge < -0.3 is 24.4 Å². The van der Waals surface area contributed by atoms with Gasteiger partial charge in [-0.1, -0.05) is 58.9 Å². The molecule has 4 aliphatic rings. The van der Waals surface area contributed by atoms with Crippen LogP contribution in [0.25, 0.3) is 0 Å². The molecule has 38 heavy (non-hydrogen) atoms. The van der Waals surface area contributed by atoms with E-state index in [0.29, 0.717) is 38.5 Å². The van der Waals surface area contributed by atoms with Crippen molar-refractivity contribution in [3.05, 3.63) is 63.5 Å². The van der Waals surface area contributed by atoms with Crippen LogP contribution in [-0.2, 0) is 25.2 Å². The molecule has 206 valence electrons. The molecule has 0 saturated carbocycles. The number of aromatic nitrogens is 1. The van der Waals surface area contributed by atoms with E-state index in [0.717, 1.165) is 53.6 Å². The van der Waals surface area contributed by atoms with Crippen LogP contribution in [0.5, 0.6) is 0 Å². The van der Waals surface area contributed by atoms with Crippen molar-refractivity contribution >= 4 is 0 Å². The second-order valence-electron chi connectivity index (χ2n) is 13.6. The zero-order valence-corrected chi connectivity index (χ0v) is 23.5. The maximum absolute atomic E-state index is 11.6. The summed E-state index contributed by atoms with van der Waals surface area (Å²) in [5, 5.41) is 23.2. The van der Waals surface area contributed by atoms with E-state index in [1.807, 2.05) is 13.8 Å². The van der Waals surface area contributed by atoms with Crippen LogP contribution in [0.4, 0.5) is 0 Å². The predicted octanol–water partition coefficient (Wildman–Crippen LogP) is 5.90. The van der Waals surface area contributed by atoms with E-state index < -0.39 is 23.2 Å². The molecule has 1 aromatic carbocycles. The van der Waals surface area contributed by atoms with Gasteiger partial charge in [0.25, 0.3) is 0 Å². The molecule has 0 amide bonds. The summed E-state index contributed by atoms with van der Waals surface area (Å²) in [6.45, 7) is 13.4. The Labute approximate surface area is 226 Å². The Morgan fingerprint density at radius 3 is 2.13 bits per heavy atom. The van der Waals surface area contributed by atoms with E-state index in [4.69, 9.17) is 19.2 Å². The molecule has 6 nitrogen and oxygen atoms in total. The van der Waals surface area contributed by atoms with Crippen LogP contribution in [0.15, 0.2) is 24.3 Å². The first-order valence-corrected chi connectivity index (χ1v) is 14.4. The maximum Gasteiger partial charge on any atom is 0.111 e. The minimum atomic E-state index is -0.744. The normalized spacial score (nSPS) is 28.8. The van der Waals surface area contributed by atoms with Gasteiger partial charge >= 0.3 is 0 Å². The highest BCUT2D eigenvalue weighted by Crippen LogP contribution is 2.59. The number of ether oxygens (including phenoxy) is 3. The molecule has 4 heterocycles. The van der Waals surface area contributed by atoms with E-state index in [9.17, 15) is 10.2 Å². The minimum Gasteiger partial charge on any atom is -0.388 e. The number of hydrogen-bond acceptors (Lipinski definition) is 6. The molecule has 1 aromatic heterocycles. The van der Waals surface area contributed by atoms with E-state index in [-0.39, 0.29) is 17.4 Å². The Balaban J connectivity index is 1.60. The number of rotatable bonds is 2. The van der Waals surface area contributed by atoms with Crippen molar-refractivity contribution < 1.29 is 24.4 Å². The highest BCUT2D eigenvalue weighted by Gasteiger charge is 2.54. The zero-order chi connectivity index (χ0) is 26.9. The van der Waals surface area contributed by atoms with Crippen molar-refractivity contribution in [3.8, 4) is 0 Å². The van der Waals surface area contributed by atoms with Crippen LogP contribution >= 0.6 is 0 Å². The molecule has 3 unspecified atom stereocenters. The third-order valence-corrected chi connectivity index (χ3v) is 9.43. The molecule has 6 rings (SSSR count). The number of fused-ring (bicyclic) bond motifs is 4. The number of aliphatic hydroxyl groups is 2. The Bertz CT molecular complexity index is 1190. The molecular weight excluding hydrogens is 478 g/mol. The van der Waals surface area contributed by atoms with Crippen molar-refractivity contribution in [3.63, 3.8) is 0 Å². The Kier molecular flexibility index (Phi) is 6.51. The van der Waals surface area contributed by atoms with Gasteiger partial charge in [0.05, 0.1) is 23.1 Å². The Morgan fingerprint density at radius 1 is 0.868 bits per heavy atom. The van der Waals surface area contributed by atoms with Crippen molar-refractivity contribution in [1.82, 2.24) is 4.98 Å². The summed E-state index contributed by atoms with van der Waals surface area (Å²) in [5.74, 6) is 0.229. The van der Waals surface area contributed by atoms with Crippen LogP contribution in [0.1, 0.15) is 130 Å². The Hall–Kier alpha value is -1.83. The number of benzene rings is 1. The van der Waals surface area contributed by atoms with E-state index >= 15 is 0 Å².